The van der Waals surface area contributed by atoms with Crippen LogP contribution in [0, 0.1) is 5.92 Å². The molecule has 0 fully saturated rings. The predicted octanol–water partition coefficient (Wildman–Crippen LogP) is 1.08. The summed E-state index contributed by atoms with van der Waals surface area (Å²) in [5, 5.41) is 0. The SMILES string of the molecule is CCC(CC)CS(=O)(=O)NCCC(C)N. The second-order valence-electron chi connectivity index (χ2n) is 4.12. The lowest BCUT2D eigenvalue weighted by Crippen LogP contribution is -2.32. The van der Waals surface area contributed by atoms with Crippen molar-refractivity contribution in [2.45, 2.75) is 46.1 Å². The van der Waals surface area contributed by atoms with Gasteiger partial charge in [-0.25, -0.2) is 13.1 Å². The Balaban J connectivity index is 3.96. The molecular formula is C10H24N2O2S. The third kappa shape index (κ3) is 7.76. The zero-order valence-corrected chi connectivity index (χ0v) is 10.8. The molecule has 5 heteroatoms. The predicted molar refractivity (Wildman–Crippen MR) is 64.1 cm³/mol. The zero-order chi connectivity index (χ0) is 11.9. The van der Waals surface area contributed by atoms with Crippen LogP contribution in [0.4, 0.5) is 0 Å². The molecule has 0 radical (unpaired) electrons. The van der Waals surface area contributed by atoms with E-state index in [1.165, 1.54) is 0 Å². The number of nitrogens with two attached hydrogens (primary N) is 1. The first-order chi connectivity index (χ1) is 6.91. The summed E-state index contributed by atoms with van der Waals surface area (Å²) >= 11 is 0. The minimum absolute atomic E-state index is 0.0425. The van der Waals surface area contributed by atoms with Gasteiger partial charge in [0.1, 0.15) is 0 Å². The first-order valence-electron chi connectivity index (χ1n) is 5.64. The number of sulfonamides is 1. The third-order valence-corrected chi connectivity index (χ3v) is 4.09. The Morgan fingerprint density at radius 2 is 1.80 bits per heavy atom. The van der Waals surface area contributed by atoms with E-state index in [9.17, 15) is 8.42 Å². The van der Waals surface area contributed by atoms with Crippen molar-refractivity contribution < 1.29 is 8.42 Å². The van der Waals surface area contributed by atoms with E-state index in [0.29, 0.717) is 13.0 Å². The summed E-state index contributed by atoms with van der Waals surface area (Å²) in [6.45, 7) is 6.35. The Morgan fingerprint density at radius 1 is 1.27 bits per heavy atom. The van der Waals surface area contributed by atoms with E-state index in [1.807, 2.05) is 20.8 Å². The molecule has 0 aromatic heterocycles. The molecule has 92 valence electrons. The van der Waals surface area contributed by atoms with Crippen LogP contribution in [-0.4, -0.2) is 26.8 Å². The average molecular weight is 236 g/mol. The van der Waals surface area contributed by atoms with Crippen LogP contribution in [-0.2, 0) is 10.0 Å². The lowest BCUT2D eigenvalue weighted by molar-refractivity contribution is 0.514. The highest BCUT2D eigenvalue weighted by molar-refractivity contribution is 7.89. The lowest BCUT2D eigenvalue weighted by atomic mass is 10.1. The number of hydrogen-bond acceptors (Lipinski definition) is 3. The lowest BCUT2D eigenvalue weighted by Gasteiger charge is -2.13. The normalized spacial score (nSPS) is 14.5. The molecule has 0 saturated carbocycles. The van der Waals surface area contributed by atoms with E-state index < -0.39 is 10.0 Å². The summed E-state index contributed by atoms with van der Waals surface area (Å²) in [6.07, 6.45) is 2.50. The Kier molecular flexibility index (Phi) is 7.13. The van der Waals surface area contributed by atoms with Crippen molar-refractivity contribution in [2.24, 2.45) is 11.7 Å². The molecule has 0 heterocycles. The summed E-state index contributed by atoms with van der Waals surface area (Å²) in [5.74, 6) is 0.497. The van der Waals surface area contributed by atoms with Crippen LogP contribution < -0.4 is 10.5 Å². The molecule has 0 aromatic carbocycles. The van der Waals surface area contributed by atoms with Gasteiger partial charge in [0.05, 0.1) is 5.75 Å². The second-order valence-corrected chi connectivity index (χ2v) is 5.98. The van der Waals surface area contributed by atoms with Gasteiger partial charge in [0.25, 0.3) is 0 Å². The van der Waals surface area contributed by atoms with E-state index in [-0.39, 0.29) is 17.7 Å². The standard InChI is InChI=1S/C10H24N2O2S/c1-4-10(5-2)8-15(13,14)12-7-6-9(3)11/h9-10,12H,4-8,11H2,1-3H3. The maximum Gasteiger partial charge on any atom is 0.211 e. The van der Waals surface area contributed by atoms with Gasteiger partial charge >= 0.3 is 0 Å². The van der Waals surface area contributed by atoms with Crippen molar-refractivity contribution in [3.05, 3.63) is 0 Å². The Labute approximate surface area is 93.7 Å². The van der Waals surface area contributed by atoms with Gasteiger partial charge < -0.3 is 5.73 Å². The van der Waals surface area contributed by atoms with E-state index in [1.54, 1.807) is 0 Å². The van der Waals surface area contributed by atoms with Crippen LogP contribution in [0.1, 0.15) is 40.0 Å². The van der Waals surface area contributed by atoms with Crippen molar-refractivity contribution in [3.63, 3.8) is 0 Å². The molecule has 15 heavy (non-hydrogen) atoms. The van der Waals surface area contributed by atoms with Gasteiger partial charge in [-0.1, -0.05) is 26.7 Å². The summed E-state index contributed by atoms with van der Waals surface area (Å²) in [7, 11) is -3.11. The topological polar surface area (TPSA) is 72.2 Å². The molecule has 0 bridgehead atoms. The third-order valence-electron chi connectivity index (χ3n) is 2.53. The molecule has 0 saturated heterocycles. The van der Waals surface area contributed by atoms with Gasteiger partial charge in [-0.05, 0) is 19.3 Å². The average Bonchev–Trinajstić information content (AvgIpc) is 2.13. The zero-order valence-electron chi connectivity index (χ0n) is 9.99. The van der Waals surface area contributed by atoms with Crippen molar-refractivity contribution in [1.29, 1.82) is 0 Å². The molecular weight excluding hydrogens is 212 g/mol. The van der Waals surface area contributed by atoms with Gasteiger partial charge in [0, 0.05) is 12.6 Å². The first-order valence-corrected chi connectivity index (χ1v) is 7.29. The van der Waals surface area contributed by atoms with Crippen molar-refractivity contribution >= 4 is 10.0 Å². The van der Waals surface area contributed by atoms with E-state index in [2.05, 4.69) is 4.72 Å². The Morgan fingerprint density at radius 3 is 2.20 bits per heavy atom. The Bertz CT molecular complexity index is 246. The molecule has 0 aliphatic carbocycles. The quantitative estimate of drug-likeness (QED) is 0.662. The highest BCUT2D eigenvalue weighted by atomic mass is 32.2. The van der Waals surface area contributed by atoms with Gasteiger partial charge in [0.2, 0.25) is 10.0 Å². The maximum atomic E-state index is 11.6. The number of hydrogen-bond donors (Lipinski definition) is 2. The molecule has 3 N–H and O–H groups in total. The summed E-state index contributed by atoms with van der Waals surface area (Å²) in [5.41, 5.74) is 5.54. The van der Waals surface area contributed by atoms with Gasteiger partial charge in [-0.3, -0.25) is 0 Å². The van der Waals surface area contributed by atoms with Crippen LogP contribution in [0.15, 0.2) is 0 Å². The largest absolute Gasteiger partial charge is 0.328 e. The molecule has 0 rings (SSSR count). The molecule has 0 spiro atoms. The van der Waals surface area contributed by atoms with E-state index in [0.717, 1.165) is 12.8 Å². The minimum Gasteiger partial charge on any atom is -0.328 e. The molecule has 0 aliphatic rings. The molecule has 1 atom stereocenters. The van der Waals surface area contributed by atoms with Crippen LogP contribution in [0.25, 0.3) is 0 Å². The fraction of sp³-hybridized carbons (Fsp3) is 1.00. The molecule has 1 unspecified atom stereocenters. The van der Waals surface area contributed by atoms with Crippen LogP contribution in [0.5, 0.6) is 0 Å². The number of rotatable bonds is 8. The van der Waals surface area contributed by atoms with E-state index >= 15 is 0 Å². The summed E-state index contributed by atoms with van der Waals surface area (Å²) in [4.78, 5) is 0. The molecule has 0 amide bonds. The number of nitrogens with one attached hydrogen (secondary N) is 1. The van der Waals surface area contributed by atoms with Crippen molar-refractivity contribution in [3.8, 4) is 0 Å². The van der Waals surface area contributed by atoms with Gasteiger partial charge in [-0.2, -0.15) is 0 Å². The van der Waals surface area contributed by atoms with E-state index in [4.69, 9.17) is 5.73 Å². The smallest absolute Gasteiger partial charge is 0.211 e. The highest BCUT2D eigenvalue weighted by Crippen LogP contribution is 2.09. The summed E-state index contributed by atoms with van der Waals surface area (Å²) in [6, 6.07) is 0.0425. The minimum atomic E-state index is -3.11. The monoisotopic (exact) mass is 236 g/mol. The van der Waals surface area contributed by atoms with Crippen LogP contribution in [0.2, 0.25) is 0 Å². The van der Waals surface area contributed by atoms with Crippen molar-refractivity contribution in [1.82, 2.24) is 4.72 Å². The first kappa shape index (κ1) is 14.9. The molecule has 0 aromatic rings. The maximum absolute atomic E-state index is 11.6. The van der Waals surface area contributed by atoms with Crippen molar-refractivity contribution in [2.75, 3.05) is 12.3 Å². The highest BCUT2D eigenvalue weighted by Gasteiger charge is 2.15. The molecule has 0 aliphatic heterocycles. The summed E-state index contributed by atoms with van der Waals surface area (Å²) < 4.78 is 25.8. The van der Waals surface area contributed by atoms with Gasteiger partial charge in [-0.15, -0.1) is 0 Å². The molecule has 4 nitrogen and oxygen atoms in total. The second kappa shape index (κ2) is 7.19. The fourth-order valence-corrected chi connectivity index (χ4v) is 2.97. The van der Waals surface area contributed by atoms with Crippen LogP contribution in [0.3, 0.4) is 0 Å². The fourth-order valence-electron chi connectivity index (χ4n) is 1.34. The van der Waals surface area contributed by atoms with Gasteiger partial charge in [0.15, 0.2) is 0 Å². The van der Waals surface area contributed by atoms with Crippen LogP contribution >= 0.6 is 0 Å². The Hall–Kier alpha value is -0.130.